The average Bonchev–Trinajstić information content (AvgIpc) is 3.19. The third kappa shape index (κ3) is 5.39. The van der Waals surface area contributed by atoms with Gasteiger partial charge in [0.25, 0.3) is 0 Å². The molecule has 1 aliphatic rings. The fourth-order valence-electron chi connectivity index (χ4n) is 4.33. The molecule has 0 spiro atoms. The van der Waals surface area contributed by atoms with Gasteiger partial charge in [0.1, 0.15) is 17.7 Å². The van der Waals surface area contributed by atoms with Crippen molar-refractivity contribution in [1.82, 2.24) is 19.2 Å². The highest BCUT2D eigenvalue weighted by molar-refractivity contribution is 5.74. The molecule has 1 fully saturated rings. The minimum atomic E-state index is -0.621. The number of nitrogens with one attached hydrogen (secondary N) is 2. The van der Waals surface area contributed by atoms with Gasteiger partial charge >= 0.3 is 5.97 Å². The van der Waals surface area contributed by atoms with Gasteiger partial charge in [0, 0.05) is 49.4 Å². The second-order valence-corrected chi connectivity index (χ2v) is 9.14. The number of esters is 1. The summed E-state index contributed by atoms with van der Waals surface area (Å²) in [6.45, 7) is 4.50. The highest BCUT2D eigenvalue weighted by Gasteiger charge is 2.27. The van der Waals surface area contributed by atoms with Gasteiger partial charge in [0.15, 0.2) is 5.65 Å². The first-order valence-corrected chi connectivity index (χ1v) is 11.8. The van der Waals surface area contributed by atoms with Gasteiger partial charge in [-0.1, -0.05) is 18.9 Å². The topological polar surface area (TPSA) is 129 Å². The number of carbonyl (C=O) groups excluding carboxylic acids is 1. The molecule has 0 aliphatic heterocycles. The van der Waals surface area contributed by atoms with Crippen LogP contribution in [0.5, 0.6) is 0 Å². The zero-order valence-corrected chi connectivity index (χ0v) is 20.0. The van der Waals surface area contributed by atoms with Crippen LogP contribution < -0.4 is 21.9 Å². The molecule has 0 amide bonds. The molecule has 3 atom stereocenters. The maximum absolute atomic E-state index is 11.9. The van der Waals surface area contributed by atoms with E-state index < -0.39 is 6.04 Å². The molecular formula is C24H33N7O3. The van der Waals surface area contributed by atoms with Crippen molar-refractivity contribution in [3.63, 3.8) is 0 Å². The lowest BCUT2D eigenvalue weighted by atomic mass is 9.85. The number of fused-ring (bicyclic) bond motifs is 1. The summed E-state index contributed by atoms with van der Waals surface area (Å²) >= 11 is 0. The van der Waals surface area contributed by atoms with Crippen LogP contribution in [-0.2, 0) is 23.1 Å². The number of ether oxygens (including phenoxy) is 1. The minimum absolute atomic E-state index is 0.0436. The van der Waals surface area contributed by atoms with E-state index in [0.29, 0.717) is 13.2 Å². The van der Waals surface area contributed by atoms with Crippen LogP contribution in [0.1, 0.15) is 43.7 Å². The van der Waals surface area contributed by atoms with Crippen LogP contribution in [0.4, 0.5) is 11.6 Å². The lowest BCUT2D eigenvalue weighted by Gasteiger charge is -2.32. The normalized spacial score (nSPS) is 19.1. The molecule has 4 N–H and O–H groups in total. The largest absolute Gasteiger partial charge is 0.464 e. The Morgan fingerprint density at radius 1 is 1.32 bits per heavy atom. The Kier molecular flexibility index (Phi) is 7.16. The molecule has 0 radical (unpaired) electrons. The minimum Gasteiger partial charge on any atom is -0.464 e. The van der Waals surface area contributed by atoms with Gasteiger partial charge in [-0.3, -0.25) is 9.59 Å². The number of aryl methyl sites for hydroxylation is 2. The Morgan fingerprint density at radius 2 is 2.12 bits per heavy atom. The number of pyridine rings is 1. The van der Waals surface area contributed by atoms with Crippen LogP contribution in [0.2, 0.25) is 0 Å². The molecule has 0 unspecified atom stereocenters. The Bertz CT molecular complexity index is 1220. The van der Waals surface area contributed by atoms with Gasteiger partial charge in [0.2, 0.25) is 5.56 Å². The van der Waals surface area contributed by atoms with Crippen LogP contribution in [0, 0.1) is 12.8 Å². The summed E-state index contributed by atoms with van der Waals surface area (Å²) in [4.78, 5) is 28.3. The number of hydrogen-bond donors (Lipinski definition) is 3. The Morgan fingerprint density at radius 3 is 2.88 bits per heavy atom. The molecule has 4 rings (SSSR count). The fraction of sp³-hybridized carbons (Fsp3) is 0.500. The summed E-state index contributed by atoms with van der Waals surface area (Å²) in [6.07, 6.45) is 7.79. The number of aromatic nitrogens is 4. The van der Waals surface area contributed by atoms with E-state index in [2.05, 4.69) is 15.7 Å². The molecule has 34 heavy (non-hydrogen) atoms. The van der Waals surface area contributed by atoms with Crippen LogP contribution in [-0.4, -0.2) is 43.8 Å². The molecule has 1 aliphatic carbocycles. The summed E-state index contributed by atoms with van der Waals surface area (Å²) in [5.74, 6) is 1.37. The second kappa shape index (κ2) is 10.3. The van der Waals surface area contributed by atoms with E-state index in [9.17, 15) is 9.59 Å². The summed E-state index contributed by atoms with van der Waals surface area (Å²) in [7, 11) is 1.74. The van der Waals surface area contributed by atoms with E-state index in [0.717, 1.165) is 54.1 Å². The van der Waals surface area contributed by atoms with Gasteiger partial charge in [-0.25, -0.2) is 4.98 Å². The molecule has 0 bridgehead atoms. The highest BCUT2D eigenvalue weighted by atomic mass is 16.5. The molecule has 10 heteroatoms. The third-order valence-electron chi connectivity index (χ3n) is 6.32. The predicted molar refractivity (Wildman–Crippen MR) is 131 cm³/mol. The Hall–Kier alpha value is -3.40. The molecule has 10 nitrogen and oxygen atoms in total. The molecule has 0 saturated heterocycles. The van der Waals surface area contributed by atoms with Gasteiger partial charge in [-0.2, -0.15) is 9.61 Å². The summed E-state index contributed by atoms with van der Waals surface area (Å²) in [5.41, 5.74) is 8.31. The quantitative estimate of drug-likeness (QED) is 0.430. The zero-order chi connectivity index (χ0) is 24.2. The number of rotatable bonds is 8. The van der Waals surface area contributed by atoms with Gasteiger partial charge in [-0.05, 0) is 32.3 Å². The third-order valence-corrected chi connectivity index (χ3v) is 6.32. The van der Waals surface area contributed by atoms with Gasteiger partial charge < -0.3 is 25.7 Å². The van der Waals surface area contributed by atoms with E-state index in [1.165, 1.54) is 0 Å². The highest BCUT2D eigenvalue weighted by Crippen LogP contribution is 2.28. The maximum atomic E-state index is 11.9. The second-order valence-electron chi connectivity index (χ2n) is 9.14. The molecule has 3 aromatic rings. The predicted octanol–water partition coefficient (Wildman–Crippen LogP) is 2.21. The first kappa shape index (κ1) is 23.7. The van der Waals surface area contributed by atoms with Gasteiger partial charge in [0.05, 0.1) is 12.8 Å². The van der Waals surface area contributed by atoms with Crippen molar-refractivity contribution in [2.24, 2.45) is 18.7 Å². The molecule has 1 saturated carbocycles. The summed E-state index contributed by atoms with van der Waals surface area (Å²) in [6, 6.07) is 4.85. The number of carbonyl (C=O) groups is 1. The van der Waals surface area contributed by atoms with Crippen LogP contribution in [0.15, 0.2) is 35.4 Å². The van der Waals surface area contributed by atoms with Crippen molar-refractivity contribution in [2.45, 2.75) is 58.2 Å². The smallest absolute Gasteiger partial charge is 0.322 e. The number of hydrogen-bond acceptors (Lipinski definition) is 8. The van der Waals surface area contributed by atoms with Crippen molar-refractivity contribution >= 4 is 23.3 Å². The lowest BCUT2D eigenvalue weighted by molar-refractivity contribution is -0.146. The SMILES string of the molecule is Cc1cnn2c(NCc3ccc(=O)n(C)c3)cc(N[C@H]3CCCC[C@H]3COC(=O)[C@@H](C)N)nc12. The fourth-order valence-corrected chi connectivity index (χ4v) is 4.33. The molecule has 3 heterocycles. The van der Waals surface area contributed by atoms with Crippen LogP contribution in [0.25, 0.3) is 5.65 Å². The zero-order valence-electron chi connectivity index (χ0n) is 20.0. The monoisotopic (exact) mass is 467 g/mol. The van der Waals surface area contributed by atoms with Crippen LogP contribution in [0.3, 0.4) is 0 Å². The Balaban J connectivity index is 1.53. The first-order valence-electron chi connectivity index (χ1n) is 11.8. The Labute approximate surface area is 198 Å². The van der Waals surface area contributed by atoms with E-state index >= 15 is 0 Å². The molecule has 3 aromatic heterocycles. The van der Waals surface area contributed by atoms with E-state index in [1.54, 1.807) is 35.3 Å². The standard InChI is InChI=1S/C24H33N7O3/c1-15-11-27-31-21(26-12-17-8-9-22(32)30(3)13-17)10-20(29-23(15)31)28-19-7-5-4-6-18(19)14-34-24(33)16(2)25/h8-11,13,16,18-19,26H,4-7,12,14,25H2,1-3H3,(H,28,29)/t16-,18+,19+/m1/s1. The van der Waals surface area contributed by atoms with Crippen molar-refractivity contribution in [1.29, 1.82) is 0 Å². The van der Waals surface area contributed by atoms with E-state index in [1.807, 2.05) is 25.3 Å². The molecule has 182 valence electrons. The average molecular weight is 468 g/mol. The number of anilines is 2. The molecule has 0 aromatic carbocycles. The summed E-state index contributed by atoms with van der Waals surface area (Å²) < 4.78 is 8.79. The number of nitrogens with zero attached hydrogens (tertiary/aromatic N) is 4. The van der Waals surface area contributed by atoms with Crippen molar-refractivity contribution in [2.75, 3.05) is 17.2 Å². The van der Waals surface area contributed by atoms with E-state index in [4.69, 9.17) is 15.5 Å². The number of nitrogens with two attached hydrogens (primary N) is 1. The van der Waals surface area contributed by atoms with Crippen molar-refractivity contribution < 1.29 is 9.53 Å². The summed E-state index contributed by atoms with van der Waals surface area (Å²) in [5, 5.41) is 11.5. The lowest BCUT2D eigenvalue weighted by Crippen LogP contribution is -2.38. The van der Waals surface area contributed by atoms with Crippen molar-refractivity contribution in [3.8, 4) is 0 Å². The van der Waals surface area contributed by atoms with Crippen LogP contribution >= 0.6 is 0 Å². The van der Waals surface area contributed by atoms with Crippen molar-refractivity contribution in [3.05, 3.63) is 52.1 Å². The maximum Gasteiger partial charge on any atom is 0.322 e. The molecular weight excluding hydrogens is 434 g/mol. The van der Waals surface area contributed by atoms with Gasteiger partial charge in [-0.15, -0.1) is 0 Å². The first-order chi connectivity index (χ1) is 16.3. The van der Waals surface area contributed by atoms with E-state index in [-0.39, 0.29) is 23.5 Å².